The van der Waals surface area contributed by atoms with Gasteiger partial charge in [-0.25, -0.2) is 4.98 Å². The number of carbonyl (C=O) groups is 1. The second-order valence-electron chi connectivity index (χ2n) is 8.27. The minimum absolute atomic E-state index is 0.0644. The summed E-state index contributed by atoms with van der Waals surface area (Å²) in [5.41, 5.74) is 0.697. The van der Waals surface area contributed by atoms with Gasteiger partial charge in [-0.2, -0.15) is 4.80 Å². The molecule has 2 heterocycles. The molecule has 7 nitrogen and oxygen atoms in total. The van der Waals surface area contributed by atoms with Crippen LogP contribution in [0.1, 0.15) is 49.2 Å². The molecule has 2 unspecified atom stereocenters. The zero-order valence-corrected chi connectivity index (χ0v) is 15.1. The van der Waals surface area contributed by atoms with Gasteiger partial charge in [-0.15, -0.1) is 21.5 Å². The molecule has 0 spiro atoms. The fourth-order valence-corrected chi connectivity index (χ4v) is 6.59. The van der Waals surface area contributed by atoms with E-state index in [0.29, 0.717) is 18.3 Å². The quantitative estimate of drug-likeness (QED) is 0.901. The van der Waals surface area contributed by atoms with Gasteiger partial charge in [-0.1, -0.05) is 0 Å². The average molecular weight is 358 g/mol. The van der Waals surface area contributed by atoms with Gasteiger partial charge < -0.3 is 5.32 Å². The summed E-state index contributed by atoms with van der Waals surface area (Å²) in [5, 5.41) is 18.9. The first-order valence-electron chi connectivity index (χ1n) is 9.00. The van der Waals surface area contributed by atoms with Crippen LogP contribution in [-0.4, -0.2) is 36.6 Å². The van der Waals surface area contributed by atoms with Crippen LogP contribution < -0.4 is 5.32 Å². The maximum Gasteiger partial charge on any atom is 0.226 e. The molecular formula is C17H22N6OS. The third-order valence-corrected chi connectivity index (χ3v) is 7.04. The molecule has 25 heavy (non-hydrogen) atoms. The van der Waals surface area contributed by atoms with Crippen molar-refractivity contribution < 1.29 is 4.79 Å². The summed E-state index contributed by atoms with van der Waals surface area (Å²) in [6.45, 7) is 1.97. The van der Waals surface area contributed by atoms with Crippen molar-refractivity contribution in [3.05, 3.63) is 22.4 Å². The molecule has 4 aliphatic rings. The maximum atomic E-state index is 12.7. The maximum absolute atomic E-state index is 12.7. The van der Waals surface area contributed by atoms with E-state index < -0.39 is 0 Å². The van der Waals surface area contributed by atoms with Gasteiger partial charge in [0.05, 0.1) is 22.7 Å². The summed E-state index contributed by atoms with van der Waals surface area (Å²) in [6.07, 6.45) is 8.49. The molecule has 6 rings (SSSR count). The molecule has 0 aromatic carbocycles. The van der Waals surface area contributed by atoms with Gasteiger partial charge in [0, 0.05) is 10.9 Å². The van der Waals surface area contributed by atoms with E-state index in [-0.39, 0.29) is 17.0 Å². The van der Waals surface area contributed by atoms with Gasteiger partial charge in [0.15, 0.2) is 6.33 Å². The summed E-state index contributed by atoms with van der Waals surface area (Å²) in [4.78, 5) is 19.0. The summed E-state index contributed by atoms with van der Waals surface area (Å²) < 4.78 is 0. The minimum atomic E-state index is -0.111. The Morgan fingerprint density at radius 2 is 2.16 bits per heavy atom. The van der Waals surface area contributed by atoms with E-state index in [9.17, 15) is 4.79 Å². The predicted molar refractivity (Wildman–Crippen MR) is 91.9 cm³/mol. The second kappa shape index (κ2) is 5.33. The normalized spacial score (nSPS) is 35.9. The molecule has 4 saturated carbocycles. The Kier molecular flexibility index (Phi) is 3.29. The lowest BCUT2D eigenvalue weighted by Crippen LogP contribution is -2.66. The van der Waals surface area contributed by atoms with Crippen LogP contribution in [-0.2, 0) is 16.8 Å². The first-order chi connectivity index (χ1) is 12.0. The zero-order valence-electron chi connectivity index (χ0n) is 14.3. The molecule has 0 radical (unpaired) electrons. The minimum Gasteiger partial charge on any atom is -0.350 e. The molecule has 4 aliphatic carbocycles. The number of rotatable bonds is 4. The van der Waals surface area contributed by atoms with Crippen molar-refractivity contribution >= 4 is 17.2 Å². The van der Waals surface area contributed by atoms with Crippen LogP contribution in [0.4, 0.5) is 0 Å². The number of hydrogen-bond acceptors (Lipinski definition) is 6. The number of amides is 1. The molecule has 1 N–H and O–H groups in total. The third kappa shape index (κ3) is 2.58. The smallest absolute Gasteiger partial charge is 0.226 e. The van der Waals surface area contributed by atoms with Crippen molar-refractivity contribution in [3.8, 4) is 0 Å². The van der Waals surface area contributed by atoms with E-state index >= 15 is 0 Å². The molecule has 0 saturated heterocycles. The van der Waals surface area contributed by atoms with Gasteiger partial charge in [0.2, 0.25) is 5.91 Å². The number of aryl methyl sites for hydroxylation is 1. The molecule has 2 aromatic heterocycles. The Labute approximate surface area is 150 Å². The number of tetrazole rings is 1. The molecule has 8 heteroatoms. The van der Waals surface area contributed by atoms with Gasteiger partial charge >= 0.3 is 0 Å². The highest BCUT2D eigenvalue weighted by molar-refractivity contribution is 7.09. The first-order valence-corrected chi connectivity index (χ1v) is 9.88. The lowest BCUT2D eigenvalue weighted by Gasteiger charge is -2.61. The van der Waals surface area contributed by atoms with Crippen LogP contribution in [0.15, 0.2) is 11.7 Å². The Bertz CT molecular complexity index is 786. The molecule has 2 aromatic rings. The Morgan fingerprint density at radius 1 is 1.36 bits per heavy atom. The van der Waals surface area contributed by atoms with Gasteiger partial charge in [-0.05, 0) is 62.5 Å². The highest BCUT2D eigenvalue weighted by atomic mass is 32.1. The Morgan fingerprint density at radius 3 is 2.80 bits per heavy atom. The number of nitrogens with one attached hydrogen (secondary N) is 1. The van der Waals surface area contributed by atoms with Crippen LogP contribution >= 0.6 is 11.3 Å². The number of aromatic nitrogens is 5. The molecule has 2 atom stereocenters. The monoisotopic (exact) mass is 358 g/mol. The molecular weight excluding hydrogens is 336 g/mol. The van der Waals surface area contributed by atoms with E-state index in [0.717, 1.165) is 42.8 Å². The lowest BCUT2D eigenvalue weighted by atomic mass is 9.50. The molecule has 4 bridgehead atoms. The van der Waals surface area contributed by atoms with Crippen LogP contribution in [0.25, 0.3) is 0 Å². The fourth-order valence-electron chi connectivity index (χ4n) is 5.97. The fraction of sp³-hybridized carbons (Fsp3) is 0.706. The second-order valence-corrected chi connectivity index (χ2v) is 9.34. The van der Waals surface area contributed by atoms with Crippen molar-refractivity contribution in [1.29, 1.82) is 0 Å². The first kappa shape index (κ1) is 15.4. The Hall–Kier alpha value is -1.83. The summed E-state index contributed by atoms with van der Waals surface area (Å²) >= 11 is 1.60. The van der Waals surface area contributed by atoms with E-state index in [2.05, 4.69) is 25.7 Å². The topological polar surface area (TPSA) is 85.6 Å². The molecule has 4 fully saturated rings. The highest BCUT2D eigenvalue weighted by Gasteiger charge is 2.60. The zero-order chi connectivity index (χ0) is 17.1. The van der Waals surface area contributed by atoms with Crippen molar-refractivity contribution in [2.75, 3.05) is 0 Å². The van der Waals surface area contributed by atoms with E-state index in [1.807, 2.05) is 17.1 Å². The lowest BCUT2D eigenvalue weighted by molar-refractivity contribution is -0.130. The van der Waals surface area contributed by atoms with Crippen molar-refractivity contribution in [1.82, 2.24) is 30.5 Å². The SMILES string of the molecule is Cc1nc(CC(=O)NC23CC4CC(C2)CC(n2ncnn2)(C4)C3)cs1. The van der Waals surface area contributed by atoms with Crippen molar-refractivity contribution in [2.45, 2.75) is 62.9 Å². The number of thiazole rings is 1. The number of hydrogen-bond donors (Lipinski definition) is 1. The van der Waals surface area contributed by atoms with E-state index in [1.54, 1.807) is 11.3 Å². The van der Waals surface area contributed by atoms with Crippen molar-refractivity contribution in [3.63, 3.8) is 0 Å². The van der Waals surface area contributed by atoms with Crippen LogP contribution in [0.5, 0.6) is 0 Å². The largest absolute Gasteiger partial charge is 0.350 e. The van der Waals surface area contributed by atoms with Gasteiger partial charge in [0.1, 0.15) is 0 Å². The number of carbonyl (C=O) groups excluding carboxylic acids is 1. The third-order valence-electron chi connectivity index (χ3n) is 6.22. The van der Waals surface area contributed by atoms with Gasteiger partial charge in [-0.3, -0.25) is 4.79 Å². The van der Waals surface area contributed by atoms with Crippen molar-refractivity contribution in [2.24, 2.45) is 11.8 Å². The van der Waals surface area contributed by atoms with E-state index in [1.165, 1.54) is 12.7 Å². The Balaban J connectivity index is 1.38. The summed E-state index contributed by atoms with van der Waals surface area (Å²) in [6, 6.07) is 0. The average Bonchev–Trinajstić information content (AvgIpc) is 3.17. The molecule has 1 amide bonds. The van der Waals surface area contributed by atoms with Crippen LogP contribution in [0, 0.1) is 18.8 Å². The number of nitrogens with zero attached hydrogens (tertiary/aromatic N) is 5. The van der Waals surface area contributed by atoms with Crippen LogP contribution in [0.3, 0.4) is 0 Å². The highest BCUT2D eigenvalue weighted by Crippen LogP contribution is 2.60. The summed E-state index contributed by atoms with van der Waals surface area (Å²) in [7, 11) is 0. The van der Waals surface area contributed by atoms with Gasteiger partial charge in [0.25, 0.3) is 0 Å². The summed E-state index contributed by atoms with van der Waals surface area (Å²) in [5.74, 6) is 1.39. The molecule has 0 aliphatic heterocycles. The molecule has 132 valence electrons. The predicted octanol–water partition coefficient (Wildman–Crippen LogP) is 1.84. The standard InChI is InChI=1S/C17H22N6OS/c1-11-20-14(8-25-11)3-15(24)21-16-4-12-2-13(5-16)7-17(6-12,9-16)23-19-10-18-22-23/h8,10,12-13H,2-7,9H2,1H3,(H,21,24). The van der Waals surface area contributed by atoms with E-state index in [4.69, 9.17) is 0 Å². The van der Waals surface area contributed by atoms with Crippen LogP contribution in [0.2, 0.25) is 0 Å².